The van der Waals surface area contributed by atoms with Crippen molar-refractivity contribution in [3.8, 4) is 22.6 Å². The molecule has 2 aromatic carbocycles. The van der Waals surface area contributed by atoms with Gasteiger partial charge in [-0.25, -0.2) is 0 Å². The Morgan fingerprint density at radius 1 is 1.14 bits per heavy atom. The highest BCUT2D eigenvalue weighted by Crippen LogP contribution is 2.31. The number of amides is 2. The maximum atomic E-state index is 12.8. The number of H-pyrrole nitrogens is 1. The predicted molar refractivity (Wildman–Crippen MR) is 107 cm³/mol. The van der Waals surface area contributed by atoms with Gasteiger partial charge in [-0.15, -0.1) is 0 Å². The summed E-state index contributed by atoms with van der Waals surface area (Å²) in [5.41, 5.74) is 2.44. The number of ether oxygens (including phenoxy) is 2. The fourth-order valence-corrected chi connectivity index (χ4v) is 3.02. The third-order valence-corrected chi connectivity index (χ3v) is 4.55. The van der Waals surface area contributed by atoms with E-state index in [9.17, 15) is 9.59 Å². The number of rotatable bonds is 4. The Labute approximate surface area is 167 Å². The normalized spacial score (nSPS) is 14.9. The first kappa shape index (κ1) is 18.5. The summed E-state index contributed by atoms with van der Waals surface area (Å²) < 4.78 is 11.4. The Morgan fingerprint density at radius 2 is 1.93 bits per heavy atom. The van der Waals surface area contributed by atoms with Crippen LogP contribution in [0.1, 0.15) is 10.4 Å². The van der Waals surface area contributed by atoms with Crippen LogP contribution in [0.3, 0.4) is 0 Å². The van der Waals surface area contributed by atoms with Crippen LogP contribution in [0.5, 0.6) is 11.5 Å². The summed E-state index contributed by atoms with van der Waals surface area (Å²) in [7, 11) is 3.32. The molecule has 3 aromatic rings. The third-order valence-electron chi connectivity index (χ3n) is 4.55. The molecular weight excluding hydrogens is 372 g/mol. The standard InChI is InChI=1S/C21H20N4O4/c1-25(2)21(27)15-9-13(14-10-22-23-11-14)7-8-16(15)24-20(26)19-12-28-17-5-3-4-6-18(17)29-19/h3-11,19H,12H2,1-2H3,(H,22,23)(H,24,26)/t19-/m0/s1. The maximum absolute atomic E-state index is 12.8. The first-order valence-corrected chi connectivity index (χ1v) is 9.07. The highest BCUT2D eigenvalue weighted by molar-refractivity contribution is 6.05. The molecule has 0 bridgehead atoms. The Balaban J connectivity index is 1.59. The van der Waals surface area contributed by atoms with Crippen molar-refractivity contribution in [3.05, 3.63) is 60.4 Å². The van der Waals surface area contributed by atoms with Crippen molar-refractivity contribution in [3.63, 3.8) is 0 Å². The average Bonchev–Trinajstić information content (AvgIpc) is 3.28. The first-order valence-electron chi connectivity index (χ1n) is 9.07. The van der Waals surface area contributed by atoms with Gasteiger partial charge < -0.3 is 19.7 Å². The minimum Gasteiger partial charge on any atom is -0.485 e. The molecule has 148 valence electrons. The number of nitrogens with one attached hydrogen (secondary N) is 2. The maximum Gasteiger partial charge on any atom is 0.269 e. The lowest BCUT2D eigenvalue weighted by atomic mass is 10.0. The molecule has 0 radical (unpaired) electrons. The number of hydrogen-bond acceptors (Lipinski definition) is 5. The molecule has 1 aliphatic rings. The number of aromatic amines is 1. The van der Waals surface area contributed by atoms with Crippen LogP contribution in [0.4, 0.5) is 5.69 Å². The molecule has 0 aliphatic carbocycles. The molecule has 0 saturated heterocycles. The molecule has 2 amide bonds. The topological polar surface area (TPSA) is 96.6 Å². The van der Waals surface area contributed by atoms with Crippen molar-refractivity contribution in [1.82, 2.24) is 15.1 Å². The predicted octanol–water partition coefficient (Wildman–Crippen LogP) is 2.56. The summed E-state index contributed by atoms with van der Waals surface area (Å²) in [6, 6.07) is 12.4. The SMILES string of the molecule is CN(C)C(=O)c1cc(-c2cn[nH]c2)ccc1NC(=O)[C@@H]1COc2ccccc2O1. The van der Waals surface area contributed by atoms with E-state index >= 15 is 0 Å². The average molecular weight is 392 g/mol. The quantitative estimate of drug-likeness (QED) is 0.711. The third kappa shape index (κ3) is 3.77. The number of hydrogen-bond donors (Lipinski definition) is 2. The van der Waals surface area contributed by atoms with E-state index in [1.54, 1.807) is 50.8 Å². The van der Waals surface area contributed by atoms with Crippen LogP contribution in [0.25, 0.3) is 11.1 Å². The monoisotopic (exact) mass is 392 g/mol. The van der Waals surface area contributed by atoms with Gasteiger partial charge in [0.05, 0.1) is 17.4 Å². The Kier molecular flexibility index (Phi) is 4.90. The number of nitrogens with zero attached hydrogens (tertiary/aromatic N) is 2. The van der Waals surface area contributed by atoms with E-state index in [0.29, 0.717) is 22.7 Å². The smallest absolute Gasteiger partial charge is 0.269 e. The Morgan fingerprint density at radius 3 is 2.66 bits per heavy atom. The first-order chi connectivity index (χ1) is 14.0. The summed E-state index contributed by atoms with van der Waals surface area (Å²) in [5, 5.41) is 9.49. The second kappa shape index (κ2) is 7.67. The van der Waals surface area contributed by atoms with Gasteiger partial charge in [-0.2, -0.15) is 5.10 Å². The van der Waals surface area contributed by atoms with Crippen molar-refractivity contribution in [2.45, 2.75) is 6.10 Å². The van der Waals surface area contributed by atoms with Crippen LogP contribution in [0, 0.1) is 0 Å². The van der Waals surface area contributed by atoms with Crippen LogP contribution in [-0.4, -0.2) is 53.7 Å². The number of benzene rings is 2. The molecule has 8 heteroatoms. The fourth-order valence-electron chi connectivity index (χ4n) is 3.02. The lowest BCUT2D eigenvalue weighted by Gasteiger charge is -2.26. The molecule has 0 unspecified atom stereocenters. The Bertz CT molecular complexity index is 1050. The van der Waals surface area contributed by atoms with E-state index in [4.69, 9.17) is 9.47 Å². The van der Waals surface area contributed by atoms with E-state index in [2.05, 4.69) is 15.5 Å². The summed E-state index contributed by atoms with van der Waals surface area (Å²) >= 11 is 0. The number of fused-ring (bicyclic) bond motifs is 1. The highest BCUT2D eigenvalue weighted by atomic mass is 16.6. The van der Waals surface area contributed by atoms with Crippen LogP contribution in [0.15, 0.2) is 54.9 Å². The molecule has 2 heterocycles. The van der Waals surface area contributed by atoms with Gasteiger partial charge in [-0.05, 0) is 29.8 Å². The molecule has 29 heavy (non-hydrogen) atoms. The molecule has 0 fully saturated rings. The van der Waals surface area contributed by atoms with Gasteiger partial charge >= 0.3 is 0 Å². The molecule has 2 N–H and O–H groups in total. The second-order valence-electron chi connectivity index (χ2n) is 6.80. The summed E-state index contributed by atoms with van der Waals surface area (Å²) in [4.78, 5) is 26.9. The minimum absolute atomic E-state index is 0.0902. The number of aromatic nitrogens is 2. The molecular formula is C21H20N4O4. The van der Waals surface area contributed by atoms with Crippen molar-refractivity contribution >= 4 is 17.5 Å². The van der Waals surface area contributed by atoms with Gasteiger partial charge in [0.25, 0.3) is 11.8 Å². The molecule has 8 nitrogen and oxygen atoms in total. The largest absolute Gasteiger partial charge is 0.485 e. The van der Waals surface area contributed by atoms with E-state index in [1.165, 1.54) is 4.90 Å². The van der Waals surface area contributed by atoms with Crippen molar-refractivity contribution < 1.29 is 19.1 Å². The van der Waals surface area contributed by atoms with E-state index in [-0.39, 0.29) is 18.4 Å². The van der Waals surface area contributed by atoms with Crippen LogP contribution < -0.4 is 14.8 Å². The van der Waals surface area contributed by atoms with Crippen molar-refractivity contribution in [2.75, 3.05) is 26.0 Å². The number of carbonyl (C=O) groups excluding carboxylic acids is 2. The van der Waals surface area contributed by atoms with Gasteiger partial charge in [0, 0.05) is 25.9 Å². The van der Waals surface area contributed by atoms with Crippen LogP contribution in [-0.2, 0) is 4.79 Å². The molecule has 0 spiro atoms. The number of para-hydroxylation sites is 2. The zero-order valence-electron chi connectivity index (χ0n) is 16.0. The van der Waals surface area contributed by atoms with Gasteiger partial charge in [0.2, 0.25) is 6.10 Å². The van der Waals surface area contributed by atoms with Gasteiger partial charge in [0.15, 0.2) is 11.5 Å². The summed E-state index contributed by atoms with van der Waals surface area (Å²) in [6.07, 6.45) is 2.59. The van der Waals surface area contributed by atoms with Gasteiger partial charge in [-0.1, -0.05) is 18.2 Å². The summed E-state index contributed by atoms with van der Waals surface area (Å²) in [5.74, 6) is 0.503. The summed E-state index contributed by atoms with van der Waals surface area (Å²) in [6.45, 7) is 0.0902. The fraction of sp³-hybridized carbons (Fsp3) is 0.190. The van der Waals surface area contributed by atoms with E-state index in [0.717, 1.165) is 11.1 Å². The van der Waals surface area contributed by atoms with Crippen molar-refractivity contribution in [2.24, 2.45) is 0 Å². The number of carbonyl (C=O) groups is 2. The minimum atomic E-state index is -0.819. The van der Waals surface area contributed by atoms with Crippen molar-refractivity contribution in [1.29, 1.82) is 0 Å². The molecule has 0 saturated carbocycles. The zero-order chi connectivity index (χ0) is 20.4. The lowest BCUT2D eigenvalue weighted by molar-refractivity contribution is -0.125. The second-order valence-corrected chi connectivity index (χ2v) is 6.80. The molecule has 1 aromatic heterocycles. The van der Waals surface area contributed by atoms with Gasteiger partial charge in [0.1, 0.15) is 6.61 Å². The highest BCUT2D eigenvalue weighted by Gasteiger charge is 2.28. The van der Waals surface area contributed by atoms with Gasteiger partial charge in [-0.3, -0.25) is 14.7 Å². The number of anilines is 1. The Hall–Kier alpha value is -3.81. The molecule has 1 aliphatic heterocycles. The zero-order valence-corrected chi connectivity index (χ0v) is 16.0. The lowest BCUT2D eigenvalue weighted by Crippen LogP contribution is -2.40. The molecule has 1 atom stereocenters. The molecule has 4 rings (SSSR count). The van der Waals surface area contributed by atoms with Crippen LogP contribution >= 0.6 is 0 Å². The van der Waals surface area contributed by atoms with E-state index in [1.807, 2.05) is 18.2 Å². The van der Waals surface area contributed by atoms with Crippen LogP contribution in [0.2, 0.25) is 0 Å². The van der Waals surface area contributed by atoms with E-state index < -0.39 is 6.10 Å².